The Bertz CT molecular complexity index is 821. The number of hydrogen-bond acceptors (Lipinski definition) is 5. The molecule has 2 aliphatic carbocycles. The van der Waals surface area contributed by atoms with Gasteiger partial charge in [0, 0.05) is 44.1 Å². The van der Waals surface area contributed by atoms with Gasteiger partial charge >= 0.3 is 5.97 Å². The minimum absolute atomic E-state index is 0.0795. The van der Waals surface area contributed by atoms with Gasteiger partial charge in [0.1, 0.15) is 11.5 Å². The second kappa shape index (κ2) is 6.77. The van der Waals surface area contributed by atoms with Crippen molar-refractivity contribution in [1.82, 2.24) is 9.97 Å². The van der Waals surface area contributed by atoms with Gasteiger partial charge in [-0.25, -0.2) is 4.98 Å². The fourth-order valence-corrected chi connectivity index (χ4v) is 5.71. The maximum atomic E-state index is 14.8. The van der Waals surface area contributed by atoms with Crippen LogP contribution in [0.25, 0.3) is 0 Å². The zero-order valence-electron chi connectivity index (χ0n) is 16.8. The Balaban J connectivity index is 1.48. The lowest BCUT2D eigenvalue weighted by Crippen LogP contribution is -2.40. The quantitative estimate of drug-likeness (QED) is 0.826. The van der Waals surface area contributed by atoms with E-state index in [4.69, 9.17) is 10.1 Å². The van der Waals surface area contributed by atoms with Gasteiger partial charge in [0.25, 0.3) is 5.92 Å². The highest BCUT2D eigenvalue weighted by molar-refractivity contribution is 5.68. The molecular weight excluding hydrogens is 378 g/mol. The number of aliphatic carboxylic acids is 1. The fourth-order valence-electron chi connectivity index (χ4n) is 5.71. The molecule has 29 heavy (non-hydrogen) atoms. The highest BCUT2D eigenvalue weighted by Gasteiger charge is 2.57. The lowest BCUT2D eigenvalue weighted by Gasteiger charge is -2.36. The van der Waals surface area contributed by atoms with Gasteiger partial charge in [-0.05, 0) is 56.8 Å². The summed E-state index contributed by atoms with van der Waals surface area (Å²) in [6, 6.07) is 0.249. The Labute approximate surface area is 169 Å². The molecular formula is C21H28F2N4O2. The summed E-state index contributed by atoms with van der Waals surface area (Å²) in [5.41, 5.74) is 0.523. The van der Waals surface area contributed by atoms with Crippen molar-refractivity contribution in [3.8, 4) is 0 Å². The molecule has 6 nitrogen and oxygen atoms in total. The standard InChI is InChI=1S/C21H28F2N4O2/c1-12-5-2-3-8-27(12)20-24-18-13(6-4-7-21(18,22)23)19(25-20)26-10-15-14(9-17(28)29)16(15)11-26/h12,14-16H,2-11H2,1H3,(H,28,29)/t12?,14?,15-,16+. The summed E-state index contributed by atoms with van der Waals surface area (Å²) in [5.74, 6) is -1.64. The summed E-state index contributed by atoms with van der Waals surface area (Å²) in [5, 5.41) is 9.06. The number of rotatable bonds is 4. The monoisotopic (exact) mass is 406 g/mol. The Morgan fingerprint density at radius 3 is 2.66 bits per heavy atom. The molecule has 2 saturated heterocycles. The van der Waals surface area contributed by atoms with Crippen molar-refractivity contribution < 1.29 is 18.7 Å². The number of nitrogens with zero attached hydrogens (tertiary/aromatic N) is 4. The van der Waals surface area contributed by atoms with Crippen LogP contribution in [0.4, 0.5) is 20.5 Å². The number of anilines is 2. The molecule has 1 N–H and O–H groups in total. The lowest BCUT2D eigenvalue weighted by molar-refractivity contribution is -0.137. The van der Waals surface area contributed by atoms with Crippen LogP contribution in [-0.4, -0.2) is 46.7 Å². The molecule has 2 aliphatic heterocycles. The van der Waals surface area contributed by atoms with Crippen LogP contribution in [0.2, 0.25) is 0 Å². The van der Waals surface area contributed by atoms with Gasteiger partial charge in [0.05, 0.1) is 0 Å². The minimum Gasteiger partial charge on any atom is -0.481 e. The second-order valence-corrected chi connectivity index (χ2v) is 9.26. The first-order valence-corrected chi connectivity index (χ1v) is 10.9. The molecule has 4 atom stereocenters. The predicted molar refractivity (Wildman–Crippen MR) is 104 cm³/mol. The Hall–Kier alpha value is -1.99. The van der Waals surface area contributed by atoms with E-state index in [1.165, 1.54) is 0 Å². The SMILES string of the molecule is CC1CCCCN1c1nc(N2C[C@@H]3C(CC(=O)O)[C@@H]3C2)c2c(n1)C(F)(F)CCC2. The van der Waals surface area contributed by atoms with Crippen LogP contribution in [0.3, 0.4) is 0 Å². The third-order valence-electron chi connectivity index (χ3n) is 7.38. The van der Waals surface area contributed by atoms with E-state index in [1.807, 2.05) is 0 Å². The molecule has 1 saturated carbocycles. The van der Waals surface area contributed by atoms with Crippen LogP contribution < -0.4 is 9.80 Å². The molecule has 0 radical (unpaired) electrons. The van der Waals surface area contributed by atoms with Crippen LogP contribution in [0.15, 0.2) is 0 Å². The molecule has 4 aliphatic rings. The average molecular weight is 406 g/mol. The molecule has 158 valence electrons. The van der Waals surface area contributed by atoms with Crippen molar-refractivity contribution in [2.45, 2.75) is 63.8 Å². The van der Waals surface area contributed by atoms with E-state index in [1.54, 1.807) is 0 Å². The van der Waals surface area contributed by atoms with Gasteiger partial charge in [-0.15, -0.1) is 0 Å². The van der Waals surface area contributed by atoms with Gasteiger partial charge in [0.2, 0.25) is 5.95 Å². The van der Waals surface area contributed by atoms with Gasteiger partial charge in [-0.3, -0.25) is 4.79 Å². The van der Waals surface area contributed by atoms with Crippen molar-refractivity contribution >= 4 is 17.7 Å². The summed E-state index contributed by atoms with van der Waals surface area (Å²) in [7, 11) is 0. The van der Waals surface area contributed by atoms with E-state index in [2.05, 4.69) is 21.7 Å². The number of aromatic nitrogens is 2. The number of piperidine rings is 2. The first-order valence-electron chi connectivity index (χ1n) is 10.9. The zero-order valence-corrected chi connectivity index (χ0v) is 16.8. The van der Waals surface area contributed by atoms with E-state index >= 15 is 0 Å². The molecule has 3 heterocycles. The molecule has 0 bridgehead atoms. The molecule has 0 amide bonds. The van der Waals surface area contributed by atoms with Crippen molar-refractivity contribution in [1.29, 1.82) is 0 Å². The number of hydrogen-bond donors (Lipinski definition) is 1. The molecule has 1 aromatic rings. The predicted octanol–water partition coefficient (Wildman–Crippen LogP) is 3.44. The number of carboxylic acid groups (broad SMARTS) is 1. The minimum atomic E-state index is -2.91. The second-order valence-electron chi connectivity index (χ2n) is 9.26. The third-order valence-corrected chi connectivity index (χ3v) is 7.38. The van der Waals surface area contributed by atoms with Gasteiger partial charge in [-0.1, -0.05) is 0 Å². The summed E-state index contributed by atoms with van der Waals surface area (Å²) >= 11 is 0. The normalized spacial score (nSPS) is 32.7. The summed E-state index contributed by atoms with van der Waals surface area (Å²) in [4.78, 5) is 24.5. The topological polar surface area (TPSA) is 69.6 Å². The van der Waals surface area contributed by atoms with Gasteiger partial charge in [-0.2, -0.15) is 13.8 Å². The maximum Gasteiger partial charge on any atom is 0.303 e. The molecule has 1 aromatic heterocycles. The van der Waals surface area contributed by atoms with Crippen molar-refractivity contribution in [3.05, 3.63) is 11.3 Å². The van der Waals surface area contributed by atoms with E-state index in [9.17, 15) is 13.6 Å². The summed E-state index contributed by atoms with van der Waals surface area (Å²) < 4.78 is 29.6. The van der Waals surface area contributed by atoms with Crippen LogP contribution in [-0.2, 0) is 17.1 Å². The first-order chi connectivity index (χ1) is 13.8. The number of halogens is 2. The fraction of sp³-hybridized carbons (Fsp3) is 0.762. The zero-order chi connectivity index (χ0) is 20.3. The molecule has 0 spiro atoms. The third kappa shape index (κ3) is 3.24. The van der Waals surface area contributed by atoms with E-state index in [0.29, 0.717) is 55.1 Å². The van der Waals surface area contributed by atoms with E-state index in [0.717, 1.165) is 25.8 Å². The number of fused-ring (bicyclic) bond motifs is 2. The Morgan fingerprint density at radius 1 is 1.21 bits per heavy atom. The number of carbonyl (C=O) groups is 1. The van der Waals surface area contributed by atoms with Crippen LogP contribution in [0.1, 0.15) is 56.7 Å². The first kappa shape index (κ1) is 19.0. The van der Waals surface area contributed by atoms with Crippen LogP contribution in [0.5, 0.6) is 0 Å². The van der Waals surface area contributed by atoms with Gasteiger partial charge < -0.3 is 14.9 Å². The smallest absolute Gasteiger partial charge is 0.303 e. The largest absolute Gasteiger partial charge is 0.481 e. The molecule has 8 heteroatoms. The maximum absolute atomic E-state index is 14.8. The van der Waals surface area contributed by atoms with Gasteiger partial charge in [0.15, 0.2) is 0 Å². The Kier molecular flexibility index (Phi) is 4.44. The molecule has 3 fully saturated rings. The Morgan fingerprint density at radius 2 is 1.97 bits per heavy atom. The summed E-state index contributed by atoms with van der Waals surface area (Å²) in [6.45, 7) is 4.34. The van der Waals surface area contributed by atoms with Crippen LogP contribution >= 0.6 is 0 Å². The highest BCUT2D eigenvalue weighted by Crippen LogP contribution is 2.55. The summed E-state index contributed by atoms with van der Waals surface area (Å²) in [6.07, 6.45) is 4.28. The van der Waals surface area contributed by atoms with Crippen molar-refractivity contribution in [3.63, 3.8) is 0 Å². The molecule has 5 rings (SSSR count). The van der Waals surface area contributed by atoms with Crippen molar-refractivity contribution in [2.24, 2.45) is 17.8 Å². The molecule has 0 aromatic carbocycles. The van der Waals surface area contributed by atoms with E-state index in [-0.39, 0.29) is 30.5 Å². The lowest BCUT2D eigenvalue weighted by atomic mass is 9.92. The van der Waals surface area contributed by atoms with Crippen molar-refractivity contribution in [2.75, 3.05) is 29.4 Å². The molecule has 2 unspecified atom stereocenters. The average Bonchev–Trinajstić information content (AvgIpc) is 3.10. The number of carboxylic acids is 1. The number of alkyl halides is 2. The highest BCUT2D eigenvalue weighted by atomic mass is 19.3. The van der Waals surface area contributed by atoms with Crippen LogP contribution in [0, 0.1) is 17.8 Å². The van der Waals surface area contributed by atoms with E-state index < -0.39 is 11.9 Å².